The Morgan fingerprint density at radius 3 is 1.45 bits per heavy atom. The highest BCUT2D eigenvalue weighted by Gasteiger charge is 2.21. The highest BCUT2D eigenvalue weighted by molar-refractivity contribution is 7.45. The van der Waals surface area contributed by atoms with E-state index in [0.29, 0.717) is 23.9 Å². The molecule has 0 aliphatic heterocycles. The molecule has 338 valence electrons. The number of allylic oxidation sites excluding steroid dienone is 20. The van der Waals surface area contributed by atoms with Gasteiger partial charge >= 0.3 is 11.9 Å². The quantitative estimate of drug-likeness (QED) is 0.0198. The van der Waals surface area contributed by atoms with Gasteiger partial charge < -0.3 is 27.9 Å². The van der Waals surface area contributed by atoms with E-state index in [0.717, 1.165) is 83.5 Å². The Labute approximate surface area is 365 Å². The molecule has 0 amide bonds. The number of esters is 2. The van der Waals surface area contributed by atoms with E-state index in [9.17, 15) is 19.0 Å². The summed E-state index contributed by atoms with van der Waals surface area (Å²) in [5, 5.41) is 0. The summed E-state index contributed by atoms with van der Waals surface area (Å²) in [6, 6.07) is 0. The Balaban J connectivity index is 4.57. The maximum Gasteiger partial charge on any atom is 0.306 e. The van der Waals surface area contributed by atoms with Crippen molar-refractivity contribution in [3.05, 3.63) is 122 Å². The molecular weight excluding hydrogens is 774 g/mol. The summed E-state index contributed by atoms with van der Waals surface area (Å²) in [5.41, 5.74) is 0. The van der Waals surface area contributed by atoms with E-state index in [1.54, 1.807) is 0 Å². The zero-order valence-electron chi connectivity index (χ0n) is 37.8. The number of carbonyl (C=O) groups is 2. The third kappa shape index (κ3) is 44.0. The molecule has 0 aromatic rings. The maximum atomic E-state index is 12.7. The van der Waals surface area contributed by atoms with Gasteiger partial charge in [-0.2, -0.15) is 0 Å². The summed E-state index contributed by atoms with van der Waals surface area (Å²) in [4.78, 5) is 37.5. The molecule has 1 unspecified atom stereocenters. The van der Waals surface area contributed by atoms with Crippen LogP contribution in [0.3, 0.4) is 0 Å². The number of likely N-dealkylation sites (N-methyl/N-ethyl adjacent to an activating group) is 1. The fourth-order valence-electron chi connectivity index (χ4n) is 5.02. The van der Waals surface area contributed by atoms with E-state index < -0.39 is 32.5 Å². The summed E-state index contributed by atoms with van der Waals surface area (Å²) < 4.78 is 33.8. The van der Waals surface area contributed by atoms with E-state index in [1.807, 2.05) is 33.3 Å². The molecule has 0 rings (SSSR count). The summed E-state index contributed by atoms with van der Waals surface area (Å²) in [7, 11) is 1.08. The molecular formula is C50H80NO8P. The van der Waals surface area contributed by atoms with Gasteiger partial charge in [0.15, 0.2) is 6.10 Å². The third-order valence-corrected chi connectivity index (χ3v) is 9.42. The number of ether oxygens (including phenoxy) is 2. The average Bonchev–Trinajstić information content (AvgIpc) is 3.20. The molecule has 0 radical (unpaired) electrons. The second-order valence-corrected chi connectivity index (χ2v) is 16.7. The molecule has 0 N–H and O–H groups in total. The van der Waals surface area contributed by atoms with E-state index in [1.165, 1.54) is 6.42 Å². The Kier molecular flexibility index (Phi) is 38.4. The summed E-state index contributed by atoms with van der Waals surface area (Å²) in [5.74, 6) is -0.984. The first-order valence-corrected chi connectivity index (χ1v) is 23.7. The number of quaternary nitrogens is 1. The van der Waals surface area contributed by atoms with Crippen LogP contribution in [-0.2, 0) is 32.7 Å². The van der Waals surface area contributed by atoms with Crippen molar-refractivity contribution < 1.29 is 42.1 Å². The number of phosphoric ester groups is 1. The first-order chi connectivity index (χ1) is 29.0. The van der Waals surface area contributed by atoms with Gasteiger partial charge in [0.05, 0.1) is 27.7 Å². The van der Waals surface area contributed by atoms with Crippen LogP contribution in [0.4, 0.5) is 0 Å². The van der Waals surface area contributed by atoms with E-state index >= 15 is 0 Å². The van der Waals surface area contributed by atoms with E-state index in [2.05, 4.69) is 123 Å². The molecule has 0 aromatic carbocycles. The van der Waals surface area contributed by atoms with Gasteiger partial charge in [-0.05, 0) is 89.9 Å². The van der Waals surface area contributed by atoms with Gasteiger partial charge in [-0.15, -0.1) is 0 Å². The lowest BCUT2D eigenvalue weighted by molar-refractivity contribution is -0.870. The topological polar surface area (TPSA) is 111 Å². The van der Waals surface area contributed by atoms with Crippen LogP contribution in [0, 0.1) is 0 Å². The number of phosphoric acid groups is 1. The average molecular weight is 854 g/mol. The molecule has 0 saturated heterocycles. The van der Waals surface area contributed by atoms with E-state index in [-0.39, 0.29) is 26.1 Å². The molecule has 0 heterocycles. The molecule has 60 heavy (non-hydrogen) atoms. The van der Waals surface area contributed by atoms with Crippen molar-refractivity contribution in [1.82, 2.24) is 0 Å². The minimum atomic E-state index is -4.66. The van der Waals surface area contributed by atoms with Crippen LogP contribution in [0.25, 0.3) is 0 Å². The van der Waals surface area contributed by atoms with Gasteiger partial charge in [0.2, 0.25) is 0 Å². The first kappa shape index (κ1) is 56.4. The Morgan fingerprint density at radius 2 is 0.983 bits per heavy atom. The smallest absolute Gasteiger partial charge is 0.306 e. The van der Waals surface area contributed by atoms with Gasteiger partial charge in [0, 0.05) is 12.8 Å². The van der Waals surface area contributed by atoms with Gasteiger partial charge in [0.25, 0.3) is 7.82 Å². The highest BCUT2D eigenvalue weighted by Crippen LogP contribution is 2.38. The van der Waals surface area contributed by atoms with Crippen molar-refractivity contribution in [3.63, 3.8) is 0 Å². The summed E-state index contributed by atoms with van der Waals surface area (Å²) >= 11 is 0. The SMILES string of the molecule is CC/C=C/C/C=C/C/C=C/C/C=C/C/C=C/C/C=C/CCC(=O)OC[C@H](COP(=O)([O-])OCC[N+](C)(C)C)OC(=O)CCCCC/C=C/C/C=C/C/C=C/C/C=C/CCC. The molecule has 9 nitrogen and oxygen atoms in total. The molecule has 10 heteroatoms. The zero-order chi connectivity index (χ0) is 44.3. The van der Waals surface area contributed by atoms with Crippen molar-refractivity contribution >= 4 is 19.8 Å². The predicted molar refractivity (Wildman–Crippen MR) is 249 cm³/mol. The van der Waals surface area contributed by atoms with Crippen LogP contribution in [0.1, 0.15) is 129 Å². The summed E-state index contributed by atoms with van der Waals surface area (Å²) in [6.07, 6.45) is 56.7. The molecule has 0 fully saturated rings. The highest BCUT2D eigenvalue weighted by atomic mass is 31.2. The molecule has 0 bridgehead atoms. The molecule has 2 atom stereocenters. The zero-order valence-corrected chi connectivity index (χ0v) is 38.7. The van der Waals surface area contributed by atoms with Crippen LogP contribution in [0.15, 0.2) is 122 Å². The lowest BCUT2D eigenvalue weighted by Gasteiger charge is -2.28. The molecule has 0 saturated carbocycles. The number of rotatable bonds is 38. The second-order valence-electron chi connectivity index (χ2n) is 15.3. The molecule has 0 aliphatic carbocycles. The van der Waals surface area contributed by atoms with Crippen LogP contribution >= 0.6 is 7.82 Å². The monoisotopic (exact) mass is 854 g/mol. The molecule has 0 aliphatic rings. The second kappa shape index (κ2) is 40.8. The standard InChI is InChI=1S/C50H80NO8P/c1-6-8-10-12-14-16-18-20-22-24-25-27-28-30-32-34-36-38-40-42-49(52)56-46-48(47-58-60(54,55)57-45-44-51(3,4)5)59-50(53)43-41-39-37-35-33-31-29-26-23-21-19-17-15-13-11-9-7-2/h8,10-11,13-14,16-17,19-20,22-23,25-27,30-33,36,38,48H,6-7,9,12,15,18,21,24,28-29,34-35,37,39-47H2,1-5H3/b10-8+,13-11+,16-14+,19-17+,22-20+,26-23+,27-25+,32-30+,33-31+,38-36+/t48-/m1/s1. The van der Waals surface area contributed by atoms with Crippen LogP contribution in [0.5, 0.6) is 0 Å². The van der Waals surface area contributed by atoms with Gasteiger partial charge in [-0.1, -0.05) is 148 Å². The lowest BCUT2D eigenvalue weighted by Crippen LogP contribution is -2.37. The predicted octanol–water partition coefficient (Wildman–Crippen LogP) is 12.3. The van der Waals surface area contributed by atoms with Crippen LogP contribution in [-0.4, -0.2) is 70.0 Å². The van der Waals surface area contributed by atoms with Crippen LogP contribution in [0.2, 0.25) is 0 Å². The lowest BCUT2D eigenvalue weighted by atomic mass is 10.1. The fourth-order valence-corrected chi connectivity index (χ4v) is 5.75. The molecule has 0 aromatic heterocycles. The number of hydrogen-bond donors (Lipinski definition) is 0. The Bertz CT molecular complexity index is 1430. The number of nitrogens with zero attached hydrogens (tertiary/aromatic N) is 1. The number of carbonyl (C=O) groups excluding carboxylic acids is 2. The van der Waals surface area contributed by atoms with Crippen molar-refractivity contribution in [3.8, 4) is 0 Å². The van der Waals surface area contributed by atoms with Gasteiger partial charge in [-0.25, -0.2) is 0 Å². The van der Waals surface area contributed by atoms with Crippen molar-refractivity contribution in [2.24, 2.45) is 0 Å². The molecule has 0 spiro atoms. The van der Waals surface area contributed by atoms with Gasteiger partial charge in [0.1, 0.15) is 19.8 Å². The minimum absolute atomic E-state index is 0.0563. The Hall–Kier alpha value is -3.59. The summed E-state index contributed by atoms with van der Waals surface area (Å²) in [6.45, 7) is 3.88. The largest absolute Gasteiger partial charge is 0.756 e. The van der Waals surface area contributed by atoms with Crippen molar-refractivity contribution in [2.75, 3.05) is 47.5 Å². The Morgan fingerprint density at radius 1 is 0.533 bits per heavy atom. The van der Waals surface area contributed by atoms with Gasteiger partial charge in [-0.3, -0.25) is 14.2 Å². The van der Waals surface area contributed by atoms with E-state index in [4.69, 9.17) is 18.5 Å². The number of unbranched alkanes of at least 4 members (excludes halogenated alkanes) is 4. The fraction of sp³-hybridized carbons (Fsp3) is 0.560. The first-order valence-electron chi connectivity index (χ1n) is 22.2. The third-order valence-electron chi connectivity index (χ3n) is 8.46. The number of hydrogen-bond acceptors (Lipinski definition) is 8. The minimum Gasteiger partial charge on any atom is -0.756 e. The van der Waals surface area contributed by atoms with Crippen LogP contribution < -0.4 is 4.89 Å². The van der Waals surface area contributed by atoms with Crippen molar-refractivity contribution in [1.29, 1.82) is 0 Å². The maximum absolute atomic E-state index is 12.7. The normalized spacial score (nSPS) is 14.7. The van der Waals surface area contributed by atoms with Crippen molar-refractivity contribution in [2.45, 2.75) is 136 Å².